The molecule has 114 valence electrons. The second-order valence-corrected chi connectivity index (χ2v) is 5.99. The summed E-state index contributed by atoms with van der Waals surface area (Å²) in [6.07, 6.45) is 1.23. The van der Waals surface area contributed by atoms with E-state index >= 15 is 0 Å². The van der Waals surface area contributed by atoms with E-state index in [1.165, 1.54) is 4.90 Å². The molecule has 2 amide bonds. The Morgan fingerprint density at radius 2 is 2.10 bits per heavy atom. The predicted octanol–water partition coefficient (Wildman–Crippen LogP) is 3.71. The molecule has 1 aromatic carbocycles. The minimum atomic E-state index is -0.992. The number of urea groups is 1. The van der Waals surface area contributed by atoms with Crippen molar-refractivity contribution in [1.82, 2.24) is 4.90 Å². The largest absolute Gasteiger partial charge is 0.480 e. The average molecular weight is 331 g/mol. The van der Waals surface area contributed by atoms with Crippen molar-refractivity contribution in [1.29, 1.82) is 0 Å². The van der Waals surface area contributed by atoms with Crippen LogP contribution in [0.1, 0.15) is 19.8 Å². The van der Waals surface area contributed by atoms with E-state index in [2.05, 4.69) is 5.32 Å². The molecule has 0 aromatic heterocycles. The van der Waals surface area contributed by atoms with Gasteiger partial charge in [-0.2, -0.15) is 0 Å². The molecule has 1 aromatic rings. The van der Waals surface area contributed by atoms with Gasteiger partial charge in [0.25, 0.3) is 0 Å². The third-order valence-corrected chi connectivity index (χ3v) is 4.42. The van der Waals surface area contributed by atoms with Gasteiger partial charge in [0.1, 0.15) is 6.04 Å². The Balaban J connectivity index is 2.15. The molecule has 0 bridgehead atoms. The molecular weight excluding hydrogens is 315 g/mol. The first kappa shape index (κ1) is 15.9. The van der Waals surface area contributed by atoms with E-state index in [0.717, 1.165) is 6.42 Å². The van der Waals surface area contributed by atoms with Gasteiger partial charge >= 0.3 is 12.0 Å². The number of nitrogens with one attached hydrogen (secondary N) is 1. The van der Waals surface area contributed by atoms with Crippen LogP contribution in [0.4, 0.5) is 10.5 Å². The number of anilines is 1. The second kappa shape index (κ2) is 6.54. The van der Waals surface area contributed by atoms with Gasteiger partial charge in [0.2, 0.25) is 0 Å². The SMILES string of the molecule is CC1CCN(C(=O)Nc2cccc(Cl)c2Cl)C(C(=O)O)C1. The Labute approximate surface area is 132 Å². The number of halogens is 2. The Morgan fingerprint density at radius 1 is 1.38 bits per heavy atom. The first-order valence-corrected chi connectivity index (χ1v) is 7.40. The van der Waals surface area contributed by atoms with Crippen molar-refractivity contribution in [3.8, 4) is 0 Å². The van der Waals surface area contributed by atoms with Crippen LogP contribution in [0, 0.1) is 5.92 Å². The van der Waals surface area contributed by atoms with E-state index in [-0.39, 0.29) is 10.9 Å². The molecule has 1 aliphatic rings. The third kappa shape index (κ3) is 3.60. The maximum absolute atomic E-state index is 12.3. The summed E-state index contributed by atoms with van der Waals surface area (Å²) in [4.78, 5) is 25.0. The first-order valence-electron chi connectivity index (χ1n) is 6.64. The summed E-state index contributed by atoms with van der Waals surface area (Å²) in [5.74, 6) is -0.709. The molecule has 2 N–H and O–H groups in total. The number of benzene rings is 1. The molecule has 0 spiro atoms. The molecule has 7 heteroatoms. The highest BCUT2D eigenvalue weighted by Crippen LogP contribution is 2.30. The van der Waals surface area contributed by atoms with Gasteiger partial charge in [-0.15, -0.1) is 0 Å². The predicted molar refractivity (Wildman–Crippen MR) is 82.0 cm³/mol. The van der Waals surface area contributed by atoms with Crippen LogP contribution in [0.5, 0.6) is 0 Å². The van der Waals surface area contributed by atoms with Gasteiger partial charge in [0.15, 0.2) is 0 Å². The minimum absolute atomic E-state index is 0.241. The van der Waals surface area contributed by atoms with E-state index in [0.29, 0.717) is 23.7 Å². The number of carbonyl (C=O) groups excluding carboxylic acids is 1. The van der Waals surface area contributed by atoms with Gasteiger partial charge in [-0.25, -0.2) is 9.59 Å². The van der Waals surface area contributed by atoms with Crippen LogP contribution in [0.15, 0.2) is 18.2 Å². The van der Waals surface area contributed by atoms with Crippen molar-refractivity contribution < 1.29 is 14.7 Å². The highest BCUT2D eigenvalue weighted by Gasteiger charge is 2.34. The summed E-state index contributed by atoms with van der Waals surface area (Å²) in [5, 5.41) is 12.5. The lowest BCUT2D eigenvalue weighted by molar-refractivity contribution is -0.143. The van der Waals surface area contributed by atoms with Crippen molar-refractivity contribution in [3.63, 3.8) is 0 Å². The highest BCUT2D eigenvalue weighted by molar-refractivity contribution is 6.43. The minimum Gasteiger partial charge on any atom is -0.480 e. The second-order valence-electron chi connectivity index (χ2n) is 5.21. The summed E-state index contributed by atoms with van der Waals surface area (Å²) < 4.78 is 0. The van der Waals surface area contributed by atoms with Gasteiger partial charge in [0.05, 0.1) is 15.7 Å². The summed E-state index contributed by atoms with van der Waals surface area (Å²) in [6, 6.07) is 3.61. The Morgan fingerprint density at radius 3 is 2.76 bits per heavy atom. The molecule has 1 saturated heterocycles. The van der Waals surface area contributed by atoms with E-state index in [4.69, 9.17) is 23.2 Å². The van der Waals surface area contributed by atoms with Gasteiger partial charge < -0.3 is 15.3 Å². The molecule has 2 rings (SSSR count). The van der Waals surface area contributed by atoms with Crippen LogP contribution < -0.4 is 5.32 Å². The van der Waals surface area contributed by atoms with Crippen LogP contribution in [-0.4, -0.2) is 34.6 Å². The van der Waals surface area contributed by atoms with Gasteiger partial charge in [0, 0.05) is 6.54 Å². The number of rotatable bonds is 2. The lowest BCUT2D eigenvalue weighted by atomic mass is 9.93. The molecular formula is C14H16Cl2N2O3. The fourth-order valence-electron chi connectivity index (χ4n) is 2.41. The van der Waals surface area contributed by atoms with Crippen molar-refractivity contribution in [3.05, 3.63) is 28.2 Å². The van der Waals surface area contributed by atoms with Crippen molar-refractivity contribution in [2.45, 2.75) is 25.8 Å². The zero-order valence-electron chi connectivity index (χ0n) is 11.5. The summed E-state index contributed by atoms with van der Waals surface area (Å²) in [6.45, 7) is 2.39. The number of hydrogen-bond donors (Lipinski definition) is 2. The Bertz CT molecular complexity index is 565. The highest BCUT2D eigenvalue weighted by atomic mass is 35.5. The fraction of sp³-hybridized carbons (Fsp3) is 0.429. The van der Waals surface area contributed by atoms with Crippen molar-refractivity contribution in [2.75, 3.05) is 11.9 Å². The van der Waals surface area contributed by atoms with Gasteiger partial charge in [-0.3, -0.25) is 0 Å². The lowest BCUT2D eigenvalue weighted by Crippen LogP contribution is -2.51. The number of likely N-dealkylation sites (tertiary alicyclic amines) is 1. The van der Waals surface area contributed by atoms with E-state index in [1.807, 2.05) is 6.92 Å². The molecule has 0 aliphatic carbocycles. The zero-order chi connectivity index (χ0) is 15.6. The van der Waals surface area contributed by atoms with Crippen molar-refractivity contribution >= 4 is 40.9 Å². The fourth-order valence-corrected chi connectivity index (χ4v) is 2.75. The average Bonchev–Trinajstić information content (AvgIpc) is 2.43. The maximum Gasteiger partial charge on any atom is 0.326 e. The summed E-state index contributed by atoms with van der Waals surface area (Å²) in [5.41, 5.74) is 0.372. The van der Waals surface area contributed by atoms with Crippen LogP contribution >= 0.6 is 23.2 Å². The number of carboxylic acids is 1. The normalized spacial score (nSPS) is 22.0. The number of piperidine rings is 1. The number of nitrogens with zero attached hydrogens (tertiary/aromatic N) is 1. The third-order valence-electron chi connectivity index (χ3n) is 3.60. The summed E-state index contributed by atoms with van der Waals surface area (Å²) in [7, 11) is 0. The quantitative estimate of drug-likeness (QED) is 0.868. The molecule has 5 nitrogen and oxygen atoms in total. The molecule has 1 heterocycles. The Hall–Kier alpha value is -1.46. The number of carbonyl (C=O) groups is 2. The molecule has 0 saturated carbocycles. The molecule has 1 fully saturated rings. The van der Waals surface area contributed by atoms with Crippen LogP contribution in [-0.2, 0) is 4.79 Å². The lowest BCUT2D eigenvalue weighted by Gasteiger charge is -2.35. The van der Waals surface area contributed by atoms with Gasteiger partial charge in [-0.05, 0) is 30.9 Å². The number of aliphatic carboxylic acids is 1. The van der Waals surface area contributed by atoms with E-state index in [9.17, 15) is 14.7 Å². The smallest absolute Gasteiger partial charge is 0.326 e. The van der Waals surface area contributed by atoms with E-state index < -0.39 is 18.0 Å². The van der Waals surface area contributed by atoms with E-state index in [1.54, 1.807) is 18.2 Å². The molecule has 0 radical (unpaired) electrons. The van der Waals surface area contributed by atoms with Crippen LogP contribution in [0.25, 0.3) is 0 Å². The Kier molecular flexibility index (Phi) is 4.96. The molecule has 2 unspecified atom stereocenters. The van der Waals surface area contributed by atoms with Gasteiger partial charge in [-0.1, -0.05) is 36.2 Å². The zero-order valence-corrected chi connectivity index (χ0v) is 13.0. The topological polar surface area (TPSA) is 69.6 Å². The first-order chi connectivity index (χ1) is 9.90. The standard InChI is InChI=1S/C14H16Cl2N2O3/c1-8-5-6-18(11(7-8)13(19)20)14(21)17-10-4-2-3-9(15)12(10)16/h2-4,8,11H,5-7H2,1H3,(H,17,21)(H,19,20). The number of carboxylic acid groups (broad SMARTS) is 1. The molecule has 21 heavy (non-hydrogen) atoms. The summed E-state index contributed by atoms with van der Waals surface area (Å²) >= 11 is 11.9. The number of amides is 2. The van der Waals surface area contributed by atoms with Crippen LogP contribution in [0.3, 0.4) is 0 Å². The monoisotopic (exact) mass is 330 g/mol. The molecule has 1 aliphatic heterocycles. The van der Waals surface area contributed by atoms with Crippen LogP contribution in [0.2, 0.25) is 10.0 Å². The van der Waals surface area contributed by atoms with Crippen molar-refractivity contribution in [2.24, 2.45) is 5.92 Å². The maximum atomic E-state index is 12.3. The molecule has 2 atom stereocenters. The number of hydrogen-bond acceptors (Lipinski definition) is 2.